The number of carbonyl (C=O) groups is 3. The van der Waals surface area contributed by atoms with E-state index in [0.29, 0.717) is 17.1 Å². The van der Waals surface area contributed by atoms with E-state index >= 15 is 0 Å². The van der Waals surface area contributed by atoms with Gasteiger partial charge in [-0.3, -0.25) is 14.4 Å². The van der Waals surface area contributed by atoms with E-state index in [1.807, 2.05) is 32.1 Å². The number of allylic oxidation sites excluding steroid dienone is 1. The van der Waals surface area contributed by atoms with Gasteiger partial charge in [0, 0.05) is 26.1 Å². The Kier molecular flexibility index (Phi) is 7.38. The number of hydrogen-bond donors (Lipinski definition) is 3. The molecular formula is C23H30ClN3O4. The maximum atomic E-state index is 13.5. The highest BCUT2D eigenvalue weighted by molar-refractivity contribution is 6.34. The van der Waals surface area contributed by atoms with Gasteiger partial charge in [-0.15, -0.1) is 0 Å². The minimum absolute atomic E-state index is 0.0718. The molecule has 1 aliphatic carbocycles. The molecule has 1 heterocycles. The molecule has 3 rings (SSSR count). The largest absolute Gasteiger partial charge is 0.396 e. The Morgan fingerprint density at radius 2 is 1.97 bits per heavy atom. The van der Waals surface area contributed by atoms with Gasteiger partial charge in [0.05, 0.1) is 22.5 Å². The highest BCUT2D eigenvalue weighted by Gasteiger charge is 2.56. The molecule has 168 valence electrons. The van der Waals surface area contributed by atoms with Crippen LogP contribution in [0.1, 0.15) is 25.3 Å². The summed E-state index contributed by atoms with van der Waals surface area (Å²) >= 11 is 6.29. The molecule has 8 heteroatoms. The molecule has 5 atom stereocenters. The molecule has 0 radical (unpaired) electrons. The first-order valence-corrected chi connectivity index (χ1v) is 11.1. The first kappa shape index (κ1) is 23.3. The number of para-hydroxylation sites is 1. The topological polar surface area (TPSA) is 98.7 Å². The zero-order valence-corrected chi connectivity index (χ0v) is 18.9. The number of benzene rings is 1. The molecule has 31 heavy (non-hydrogen) atoms. The molecule has 0 aromatic heterocycles. The number of nitrogens with zero attached hydrogens (tertiary/aromatic N) is 1. The number of nitrogens with one attached hydrogen (secondary N) is 2. The van der Waals surface area contributed by atoms with Crippen LogP contribution in [0.2, 0.25) is 5.02 Å². The minimum Gasteiger partial charge on any atom is -0.396 e. The van der Waals surface area contributed by atoms with Gasteiger partial charge in [-0.2, -0.15) is 0 Å². The first-order valence-electron chi connectivity index (χ1n) is 10.7. The van der Waals surface area contributed by atoms with Crippen LogP contribution in [0.15, 0.2) is 30.4 Å². The molecule has 1 aliphatic heterocycles. The van der Waals surface area contributed by atoms with Crippen molar-refractivity contribution in [2.45, 2.75) is 32.7 Å². The third kappa shape index (κ3) is 4.34. The van der Waals surface area contributed by atoms with Gasteiger partial charge < -0.3 is 20.6 Å². The zero-order chi connectivity index (χ0) is 22.7. The quantitative estimate of drug-likeness (QED) is 0.559. The van der Waals surface area contributed by atoms with Gasteiger partial charge in [0.15, 0.2) is 0 Å². The van der Waals surface area contributed by atoms with Crippen LogP contribution < -0.4 is 10.6 Å². The molecule has 1 aromatic rings. The molecule has 7 nitrogen and oxygen atoms in total. The average Bonchev–Trinajstić information content (AvgIpc) is 3.05. The smallest absolute Gasteiger partial charge is 0.247 e. The number of aryl methyl sites for hydroxylation is 1. The van der Waals surface area contributed by atoms with Crippen LogP contribution in [-0.2, 0) is 14.4 Å². The first-order chi connectivity index (χ1) is 14.8. The second kappa shape index (κ2) is 9.83. The van der Waals surface area contributed by atoms with E-state index in [9.17, 15) is 19.5 Å². The lowest BCUT2D eigenvalue weighted by Gasteiger charge is -2.33. The summed E-state index contributed by atoms with van der Waals surface area (Å²) < 4.78 is 0. The molecule has 0 bridgehead atoms. The second-order valence-electron chi connectivity index (χ2n) is 8.17. The van der Waals surface area contributed by atoms with Crippen molar-refractivity contribution in [1.82, 2.24) is 10.2 Å². The van der Waals surface area contributed by atoms with Gasteiger partial charge in [0.2, 0.25) is 17.7 Å². The predicted octanol–water partition coefficient (Wildman–Crippen LogP) is 2.37. The van der Waals surface area contributed by atoms with Crippen LogP contribution in [0, 0.1) is 30.6 Å². The van der Waals surface area contributed by atoms with Crippen LogP contribution >= 0.6 is 11.6 Å². The van der Waals surface area contributed by atoms with Crippen molar-refractivity contribution in [3.8, 4) is 0 Å². The zero-order valence-electron chi connectivity index (χ0n) is 18.1. The van der Waals surface area contributed by atoms with Crippen LogP contribution in [0.4, 0.5) is 5.69 Å². The number of anilines is 1. The maximum absolute atomic E-state index is 13.5. The number of amides is 3. The van der Waals surface area contributed by atoms with E-state index in [2.05, 4.69) is 10.6 Å². The van der Waals surface area contributed by atoms with Crippen molar-refractivity contribution in [3.63, 3.8) is 0 Å². The molecule has 0 spiro atoms. The van der Waals surface area contributed by atoms with Crippen LogP contribution in [-0.4, -0.2) is 54.0 Å². The van der Waals surface area contributed by atoms with Gasteiger partial charge in [0.1, 0.15) is 6.04 Å². The molecule has 3 N–H and O–H groups in total. The van der Waals surface area contributed by atoms with Crippen molar-refractivity contribution in [2.75, 3.05) is 25.5 Å². The lowest BCUT2D eigenvalue weighted by Crippen LogP contribution is -2.45. The van der Waals surface area contributed by atoms with Crippen molar-refractivity contribution in [3.05, 3.63) is 40.9 Å². The highest BCUT2D eigenvalue weighted by Crippen LogP contribution is 2.45. The number of fused-ring (bicyclic) bond motifs is 1. The number of carbonyl (C=O) groups excluding carboxylic acids is 3. The van der Waals surface area contributed by atoms with Gasteiger partial charge >= 0.3 is 0 Å². The lowest BCUT2D eigenvalue weighted by molar-refractivity contribution is -0.140. The van der Waals surface area contributed by atoms with Crippen LogP contribution in [0.3, 0.4) is 0 Å². The maximum Gasteiger partial charge on any atom is 0.247 e. The van der Waals surface area contributed by atoms with E-state index in [-0.39, 0.29) is 36.8 Å². The van der Waals surface area contributed by atoms with Crippen molar-refractivity contribution in [1.29, 1.82) is 0 Å². The average molecular weight is 448 g/mol. The monoisotopic (exact) mass is 447 g/mol. The number of aliphatic hydroxyl groups excluding tert-OH is 1. The van der Waals surface area contributed by atoms with E-state index in [1.54, 1.807) is 19.2 Å². The fourth-order valence-electron chi connectivity index (χ4n) is 4.88. The van der Waals surface area contributed by atoms with Gasteiger partial charge in [-0.25, -0.2) is 0 Å². The molecule has 1 aromatic carbocycles. The van der Waals surface area contributed by atoms with Crippen LogP contribution in [0.5, 0.6) is 0 Å². The summed E-state index contributed by atoms with van der Waals surface area (Å²) in [6, 6.07) is 4.57. The Morgan fingerprint density at radius 3 is 2.58 bits per heavy atom. The van der Waals surface area contributed by atoms with Crippen LogP contribution in [0.25, 0.3) is 0 Å². The summed E-state index contributed by atoms with van der Waals surface area (Å²) in [4.78, 5) is 41.1. The Hall–Kier alpha value is -2.38. The summed E-state index contributed by atoms with van der Waals surface area (Å²) in [5.74, 6) is -2.40. The van der Waals surface area contributed by atoms with Crippen molar-refractivity contribution < 1.29 is 19.5 Å². The van der Waals surface area contributed by atoms with Crippen molar-refractivity contribution in [2.24, 2.45) is 23.7 Å². The molecule has 1 fully saturated rings. The Labute approximate surface area is 187 Å². The van der Waals surface area contributed by atoms with Crippen molar-refractivity contribution >= 4 is 35.0 Å². The molecule has 2 aliphatic rings. The SMILES string of the molecule is CC[C@@H]1C=C[C@H]2[C@H](C(=O)N(CCCO)[C@@H]2C(=O)Nc2c(C)cccc2Cl)[C@@H]1C(=O)NC. The number of aliphatic hydroxyl groups is 1. The Balaban J connectivity index is 1.99. The van der Waals surface area contributed by atoms with E-state index in [4.69, 9.17) is 11.6 Å². The molecule has 0 unspecified atom stereocenters. The Morgan fingerprint density at radius 1 is 1.23 bits per heavy atom. The third-order valence-corrected chi connectivity index (χ3v) is 6.74. The van der Waals surface area contributed by atoms with Gasteiger partial charge in [-0.05, 0) is 37.3 Å². The molecule has 0 saturated carbocycles. The highest BCUT2D eigenvalue weighted by atomic mass is 35.5. The number of likely N-dealkylation sites (tertiary alicyclic amines) is 1. The standard InChI is InChI=1S/C23H30ClN3O4/c1-4-14-9-10-15-18(17(14)21(29)25-3)23(31)27(11-6-12-28)20(15)22(30)26-19-13(2)7-5-8-16(19)24/h5,7-10,14-15,17-18,20,28H,4,6,11-12H2,1-3H3,(H,25,29)(H,26,30)/t14-,15+,17-,18+,20+/m1/s1. The summed E-state index contributed by atoms with van der Waals surface area (Å²) in [5.41, 5.74) is 1.33. The molecular weight excluding hydrogens is 418 g/mol. The van der Waals surface area contributed by atoms with E-state index in [0.717, 1.165) is 12.0 Å². The number of rotatable bonds is 7. The summed E-state index contributed by atoms with van der Waals surface area (Å²) in [6.07, 6.45) is 4.95. The summed E-state index contributed by atoms with van der Waals surface area (Å²) in [5, 5.41) is 15.3. The predicted molar refractivity (Wildman–Crippen MR) is 119 cm³/mol. The number of halogens is 1. The van der Waals surface area contributed by atoms with Gasteiger partial charge in [-0.1, -0.05) is 42.8 Å². The fraction of sp³-hybridized carbons (Fsp3) is 0.522. The molecule has 3 amide bonds. The number of hydrogen-bond acceptors (Lipinski definition) is 4. The third-order valence-electron chi connectivity index (χ3n) is 6.43. The lowest BCUT2D eigenvalue weighted by atomic mass is 9.69. The van der Waals surface area contributed by atoms with E-state index < -0.39 is 23.8 Å². The second-order valence-corrected chi connectivity index (χ2v) is 8.58. The normalized spacial score (nSPS) is 27.2. The fourth-order valence-corrected chi connectivity index (χ4v) is 5.15. The molecule has 1 saturated heterocycles. The van der Waals surface area contributed by atoms with Gasteiger partial charge in [0.25, 0.3) is 0 Å². The minimum atomic E-state index is -0.777. The Bertz CT molecular complexity index is 867. The summed E-state index contributed by atoms with van der Waals surface area (Å²) in [6.45, 7) is 3.98. The summed E-state index contributed by atoms with van der Waals surface area (Å²) in [7, 11) is 1.57. The van der Waals surface area contributed by atoms with E-state index in [1.165, 1.54) is 4.90 Å².